The summed E-state index contributed by atoms with van der Waals surface area (Å²) in [6.45, 7) is 8.14. The molecule has 0 unspecified atom stereocenters. The van der Waals surface area contributed by atoms with Gasteiger partial charge < -0.3 is 14.3 Å². The highest BCUT2D eigenvalue weighted by molar-refractivity contribution is 5.41. The molecule has 0 bridgehead atoms. The van der Waals surface area contributed by atoms with E-state index in [0.29, 0.717) is 17.7 Å². The first-order chi connectivity index (χ1) is 10.5. The van der Waals surface area contributed by atoms with E-state index in [1.165, 1.54) is 0 Å². The Balaban J connectivity index is 2.16. The van der Waals surface area contributed by atoms with Gasteiger partial charge in [0.2, 0.25) is 0 Å². The van der Waals surface area contributed by atoms with Crippen molar-refractivity contribution in [1.82, 2.24) is 4.90 Å². The summed E-state index contributed by atoms with van der Waals surface area (Å²) in [5.74, 6) is 2.15. The van der Waals surface area contributed by atoms with Gasteiger partial charge in [-0.3, -0.25) is 4.90 Å². The molecule has 0 radical (unpaired) electrons. The van der Waals surface area contributed by atoms with E-state index in [9.17, 15) is 5.11 Å². The minimum absolute atomic E-state index is 0.176. The summed E-state index contributed by atoms with van der Waals surface area (Å²) < 4.78 is 10.6. The van der Waals surface area contributed by atoms with Crippen LogP contribution in [0.4, 0.5) is 0 Å². The summed E-state index contributed by atoms with van der Waals surface area (Å²) in [6.07, 6.45) is 1.70. The maximum atomic E-state index is 9.95. The molecule has 0 saturated heterocycles. The van der Waals surface area contributed by atoms with Crippen LogP contribution in [0.5, 0.6) is 11.5 Å². The van der Waals surface area contributed by atoms with Crippen molar-refractivity contribution in [3.8, 4) is 11.5 Å². The van der Waals surface area contributed by atoms with Crippen molar-refractivity contribution in [1.29, 1.82) is 0 Å². The minimum Gasteiger partial charge on any atom is -0.504 e. The highest BCUT2D eigenvalue weighted by Crippen LogP contribution is 2.28. The van der Waals surface area contributed by atoms with E-state index in [4.69, 9.17) is 9.15 Å². The van der Waals surface area contributed by atoms with Gasteiger partial charge in [-0.25, -0.2) is 0 Å². The number of nitrogens with zero attached hydrogens (tertiary/aromatic N) is 1. The Morgan fingerprint density at radius 1 is 1.18 bits per heavy atom. The van der Waals surface area contributed by atoms with E-state index in [2.05, 4.69) is 25.7 Å². The summed E-state index contributed by atoms with van der Waals surface area (Å²) in [4.78, 5) is 2.35. The summed E-state index contributed by atoms with van der Waals surface area (Å²) in [6, 6.07) is 9.85. The summed E-state index contributed by atoms with van der Waals surface area (Å²) in [5.41, 5.74) is 1.05. The van der Waals surface area contributed by atoms with Gasteiger partial charge in [-0.05, 0) is 42.7 Å². The first-order valence-corrected chi connectivity index (χ1v) is 7.63. The standard InChI is InChI=1S/C18H25NO3/c1-13(2)14(3)19(12-16-6-5-9-22-16)11-15-7-8-18(21-4)17(20)10-15/h5-10,13-14,20H,11-12H2,1-4H3/t14-/m0/s1. The molecule has 22 heavy (non-hydrogen) atoms. The van der Waals surface area contributed by atoms with E-state index in [-0.39, 0.29) is 5.75 Å². The molecule has 1 atom stereocenters. The molecule has 4 heteroatoms. The summed E-state index contributed by atoms with van der Waals surface area (Å²) in [5, 5.41) is 9.95. The van der Waals surface area contributed by atoms with Crippen molar-refractivity contribution in [2.75, 3.05) is 7.11 Å². The number of hydrogen-bond acceptors (Lipinski definition) is 4. The Kier molecular flexibility index (Phi) is 5.50. The van der Waals surface area contributed by atoms with Crippen molar-refractivity contribution in [3.63, 3.8) is 0 Å². The molecule has 0 aliphatic heterocycles. The summed E-state index contributed by atoms with van der Waals surface area (Å²) >= 11 is 0. The Morgan fingerprint density at radius 3 is 2.50 bits per heavy atom. The lowest BCUT2D eigenvalue weighted by molar-refractivity contribution is 0.140. The molecule has 1 heterocycles. The zero-order valence-corrected chi connectivity index (χ0v) is 13.7. The third-order valence-electron chi connectivity index (χ3n) is 4.11. The second-order valence-corrected chi connectivity index (χ2v) is 5.98. The van der Waals surface area contributed by atoms with Crippen LogP contribution in [0.2, 0.25) is 0 Å². The van der Waals surface area contributed by atoms with Crippen LogP contribution in [-0.4, -0.2) is 23.2 Å². The van der Waals surface area contributed by atoms with Crippen molar-refractivity contribution in [2.24, 2.45) is 5.92 Å². The molecule has 1 N–H and O–H groups in total. The van der Waals surface area contributed by atoms with Gasteiger partial charge in [0, 0.05) is 12.6 Å². The highest BCUT2D eigenvalue weighted by Gasteiger charge is 2.19. The Morgan fingerprint density at radius 2 is 1.95 bits per heavy atom. The molecule has 0 aliphatic rings. The number of phenols is 1. The van der Waals surface area contributed by atoms with Crippen LogP contribution in [0.3, 0.4) is 0 Å². The predicted molar refractivity (Wildman–Crippen MR) is 86.9 cm³/mol. The number of phenolic OH excluding ortho intramolecular Hbond substituents is 1. The molecular formula is C18H25NO3. The minimum atomic E-state index is 0.176. The van der Waals surface area contributed by atoms with Crippen molar-refractivity contribution < 1.29 is 14.3 Å². The molecule has 2 aromatic rings. The maximum Gasteiger partial charge on any atom is 0.160 e. The zero-order valence-electron chi connectivity index (χ0n) is 13.7. The van der Waals surface area contributed by atoms with E-state index in [1.54, 1.807) is 25.5 Å². The van der Waals surface area contributed by atoms with Crippen molar-refractivity contribution >= 4 is 0 Å². The van der Waals surface area contributed by atoms with Gasteiger partial charge in [-0.15, -0.1) is 0 Å². The second-order valence-electron chi connectivity index (χ2n) is 5.98. The Labute approximate surface area is 132 Å². The first kappa shape index (κ1) is 16.4. The van der Waals surface area contributed by atoms with Crippen LogP contribution in [0, 0.1) is 5.92 Å². The van der Waals surface area contributed by atoms with Gasteiger partial charge in [-0.2, -0.15) is 0 Å². The van der Waals surface area contributed by atoms with E-state index in [0.717, 1.165) is 24.4 Å². The third kappa shape index (κ3) is 4.04. The fraction of sp³-hybridized carbons (Fsp3) is 0.444. The average molecular weight is 303 g/mol. The number of methoxy groups -OCH3 is 1. The largest absolute Gasteiger partial charge is 0.504 e. The average Bonchev–Trinajstić information content (AvgIpc) is 2.99. The molecule has 2 rings (SSSR count). The monoisotopic (exact) mass is 303 g/mol. The number of furan rings is 1. The van der Waals surface area contributed by atoms with Crippen LogP contribution < -0.4 is 4.74 Å². The second kappa shape index (κ2) is 7.36. The van der Waals surface area contributed by atoms with Gasteiger partial charge in [0.15, 0.2) is 11.5 Å². The lowest BCUT2D eigenvalue weighted by Gasteiger charge is -2.31. The molecule has 0 fully saturated rings. The molecule has 4 nitrogen and oxygen atoms in total. The lowest BCUT2D eigenvalue weighted by atomic mass is 10.0. The molecule has 1 aromatic heterocycles. The fourth-order valence-corrected chi connectivity index (χ4v) is 2.44. The van der Waals surface area contributed by atoms with Crippen LogP contribution in [0.25, 0.3) is 0 Å². The highest BCUT2D eigenvalue weighted by atomic mass is 16.5. The molecular weight excluding hydrogens is 278 g/mol. The third-order valence-corrected chi connectivity index (χ3v) is 4.11. The van der Waals surface area contributed by atoms with Crippen molar-refractivity contribution in [3.05, 3.63) is 47.9 Å². The predicted octanol–water partition coefficient (Wildman–Crippen LogP) is 4.04. The van der Waals surface area contributed by atoms with Gasteiger partial charge in [0.1, 0.15) is 5.76 Å². The van der Waals surface area contributed by atoms with E-state index < -0.39 is 0 Å². The van der Waals surface area contributed by atoms with Crippen LogP contribution in [0.1, 0.15) is 32.1 Å². The molecule has 1 aromatic carbocycles. The number of rotatable bonds is 7. The lowest BCUT2D eigenvalue weighted by Crippen LogP contribution is -2.35. The van der Waals surface area contributed by atoms with Gasteiger partial charge >= 0.3 is 0 Å². The van der Waals surface area contributed by atoms with Crippen LogP contribution in [-0.2, 0) is 13.1 Å². The van der Waals surface area contributed by atoms with Gasteiger partial charge in [-0.1, -0.05) is 19.9 Å². The number of benzene rings is 1. The quantitative estimate of drug-likeness (QED) is 0.838. The molecule has 0 spiro atoms. The van der Waals surface area contributed by atoms with Gasteiger partial charge in [0.05, 0.1) is 19.9 Å². The normalized spacial score (nSPS) is 12.8. The number of hydrogen-bond donors (Lipinski definition) is 1. The molecule has 0 saturated carbocycles. The van der Waals surface area contributed by atoms with Crippen LogP contribution >= 0.6 is 0 Å². The molecule has 0 aliphatic carbocycles. The Hall–Kier alpha value is -1.94. The summed E-state index contributed by atoms with van der Waals surface area (Å²) in [7, 11) is 1.55. The number of aromatic hydroxyl groups is 1. The molecule has 0 amide bonds. The SMILES string of the molecule is COc1ccc(CN(Cc2ccco2)[C@@H](C)C(C)C)cc1O. The topological polar surface area (TPSA) is 45.8 Å². The van der Waals surface area contributed by atoms with E-state index in [1.807, 2.05) is 18.2 Å². The Bertz CT molecular complexity index is 578. The van der Waals surface area contributed by atoms with Gasteiger partial charge in [0.25, 0.3) is 0 Å². The smallest absolute Gasteiger partial charge is 0.160 e. The first-order valence-electron chi connectivity index (χ1n) is 7.63. The zero-order chi connectivity index (χ0) is 16.1. The van der Waals surface area contributed by atoms with Crippen molar-refractivity contribution in [2.45, 2.75) is 39.9 Å². The number of ether oxygens (including phenoxy) is 1. The fourth-order valence-electron chi connectivity index (χ4n) is 2.44. The van der Waals surface area contributed by atoms with E-state index >= 15 is 0 Å². The van der Waals surface area contributed by atoms with Crippen LogP contribution in [0.15, 0.2) is 41.0 Å². The molecule has 120 valence electrons. The maximum absolute atomic E-state index is 9.95.